The fourth-order valence-corrected chi connectivity index (χ4v) is 3.41. The molecule has 0 fully saturated rings. The number of rotatable bonds is 6. The molecular formula is C26H20FNO3. The van der Waals surface area contributed by atoms with E-state index < -0.39 is 0 Å². The maximum atomic E-state index is 13.6. The van der Waals surface area contributed by atoms with Crippen molar-refractivity contribution in [1.82, 2.24) is 0 Å². The first-order chi connectivity index (χ1) is 15.0. The van der Waals surface area contributed by atoms with Crippen LogP contribution < -0.4 is 4.90 Å². The molecule has 0 aliphatic heterocycles. The molecule has 0 saturated carbocycles. The zero-order valence-electron chi connectivity index (χ0n) is 16.9. The molecule has 3 aromatic carbocycles. The number of hydrogen-bond acceptors (Lipinski definition) is 3. The van der Waals surface area contributed by atoms with Crippen LogP contribution >= 0.6 is 0 Å². The average molecular weight is 413 g/mol. The second-order valence-corrected chi connectivity index (χ2v) is 7.18. The van der Waals surface area contributed by atoms with E-state index >= 15 is 0 Å². The van der Waals surface area contributed by atoms with Crippen molar-refractivity contribution >= 4 is 17.9 Å². The summed E-state index contributed by atoms with van der Waals surface area (Å²) in [5.74, 6) is 0.366. The molecule has 0 aliphatic carbocycles. The second-order valence-electron chi connectivity index (χ2n) is 7.18. The van der Waals surface area contributed by atoms with Crippen LogP contribution in [0.2, 0.25) is 0 Å². The van der Waals surface area contributed by atoms with E-state index in [9.17, 15) is 14.0 Å². The third kappa shape index (κ3) is 4.46. The van der Waals surface area contributed by atoms with Crippen molar-refractivity contribution in [3.63, 3.8) is 0 Å². The number of nitrogens with zero attached hydrogens (tertiary/aromatic N) is 1. The van der Waals surface area contributed by atoms with Crippen molar-refractivity contribution in [2.45, 2.75) is 13.5 Å². The lowest BCUT2D eigenvalue weighted by molar-refractivity contribution is 0.0983. The van der Waals surface area contributed by atoms with E-state index in [-0.39, 0.29) is 11.7 Å². The van der Waals surface area contributed by atoms with Crippen LogP contribution in [0.4, 0.5) is 10.1 Å². The number of anilines is 1. The van der Waals surface area contributed by atoms with Crippen LogP contribution in [0, 0.1) is 12.7 Å². The minimum absolute atomic E-state index is 0.249. The van der Waals surface area contributed by atoms with Gasteiger partial charge in [0.25, 0.3) is 5.91 Å². The van der Waals surface area contributed by atoms with Gasteiger partial charge in [0, 0.05) is 16.8 Å². The van der Waals surface area contributed by atoms with Crippen molar-refractivity contribution in [2.75, 3.05) is 4.90 Å². The van der Waals surface area contributed by atoms with Gasteiger partial charge in [-0.1, -0.05) is 42.5 Å². The summed E-state index contributed by atoms with van der Waals surface area (Å²) in [6.45, 7) is 2.06. The van der Waals surface area contributed by atoms with E-state index in [1.165, 1.54) is 12.1 Å². The monoisotopic (exact) mass is 413 g/mol. The smallest absolute Gasteiger partial charge is 0.262 e. The fraction of sp³-hybridized carbons (Fsp3) is 0.0769. The molecule has 0 spiro atoms. The van der Waals surface area contributed by atoms with Gasteiger partial charge in [-0.05, 0) is 55.0 Å². The van der Waals surface area contributed by atoms with Crippen LogP contribution in [0.25, 0.3) is 11.3 Å². The van der Waals surface area contributed by atoms with Gasteiger partial charge in [-0.2, -0.15) is 0 Å². The van der Waals surface area contributed by atoms with E-state index in [4.69, 9.17) is 4.42 Å². The lowest BCUT2D eigenvalue weighted by Gasteiger charge is -2.23. The van der Waals surface area contributed by atoms with Crippen molar-refractivity contribution in [3.8, 4) is 11.3 Å². The van der Waals surface area contributed by atoms with E-state index in [0.29, 0.717) is 40.4 Å². The SMILES string of the molecule is Cc1oc(-c2ccc(F)cc2)cc1C(=O)N(Cc1ccccc1)c1cccc(C=O)c1. The van der Waals surface area contributed by atoms with Crippen LogP contribution in [0.5, 0.6) is 0 Å². The number of aryl methyl sites for hydroxylation is 1. The molecule has 0 aliphatic rings. The van der Waals surface area contributed by atoms with E-state index in [0.717, 1.165) is 11.8 Å². The number of benzene rings is 3. The molecule has 4 nitrogen and oxygen atoms in total. The molecule has 31 heavy (non-hydrogen) atoms. The van der Waals surface area contributed by atoms with E-state index in [1.54, 1.807) is 54.3 Å². The summed E-state index contributed by atoms with van der Waals surface area (Å²) in [6.07, 6.45) is 0.754. The van der Waals surface area contributed by atoms with Crippen molar-refractivity contribution in [3.05, 3.63) is 113 Å². The molecule has 154 valence electrons. The molecular weight excluding hydrogens is 393 g/mol. The van der Waals surface area contributed by atoms with Crippen LogP contribution in [0.15, 0.2) is 89.3 Å². The third-order valence-electron chi connectivity index (χ3n) is 5.02. The number of halogens is 1. The van der Waals surface area contributed by atoms with Crippen LogP contribution in [0.1, 0.15) is 32.0 Å². The zero-order valence-corrected chi connectivity index (χ0v) is 16.9. The van der Waals surface area contributed by atoms with E-state index in [1.807, 2.05) is 30.3 Å². The number of amides is 1. The van der Waals surface area contributed by atoms with Gasteiger partial charge in [0.1, 0.15) is 23.6 Å². The van der Waals surface area contributed by atoms with Gasteiger partial charge >= 0.3 is 0 Å². The Balaban J connectivity index is 1.73. The fourth-order valence-electron chi connectivity index (χ4n) is 3.41. The first-order valence-electron chi connectivity index (χ1n) is 9.82. The highest BCUT2D eigenvalue weighted by molar-refractivity contribution is 6.07. The molecule has 1 amide bonds. The molecule has 0 bridgehead atoms. The molecule has 0 unspecified atom stereocenters. The summed E-state index contributed by atoms with van der Waals surface area (Å²) in [7, 11) is 0. The maximum absolute atomic E-state index is 13.6. The Bertz CT molecular complexity index is 1210. The predicted molar refractivity (Wildman–Crippen MR) is 118 cm³/mol. The van der Waals surface area contributed by atoms with Gasteiger partial charge in [0.2, 0.25) is 0 Å². The summed E-state index contributed by atoms with van der Waals surface area (Å²) in [4.78, 5) is 26.5. The largest absolute Gasteiger partial charge is 0.461 e. The van der Waals surface area contributed by atoms with Gasteiger partial charge in [0.15, 0.2) is 0 Å². The standard InChI is InChI=1S/C26H20FNO3/c1-18-24(15-25(31-18)21-10-12-22(27)13-11-21)26(30)28(16-19-6-3-2-4-7-19)23-9-5-8-20(14-23)17-29/h2-15,17H,16H2,1H3. The minimum atomic E-state index is -0.340. The molecule has 0 radical (unpaired) electrons. The first kappa shape index (κ1) is 20.3. The Morgan fingerprint density at radius 1 is 0.968 bits per heavy atom. The Kier molecular flexibility index (Phi) is 5.76. The summed E-state index contributed by atoms with van der Waals surface area (Å²) in [6, 6.07) is 24.1. The average Bonchev–Trinajstić information content (AvgIpc) is 3.19. The van der Waals surface area contributed by atoms with Crippen LogP contribution in [-0.4, -0.2) is 12.2 Å². The van der Waals surface area contributed by atoms with Crippen molar-refractivity contribution in [2.24, 2.45) is 0 Å². The normalized spacial score (nSPS) is 10.6. The van der Waals surface area contributed by atoms with Crippen molar-refractivity contribution < 1.29 is 18.4 Å². The Labute approximate surface area is 179 Å². The summed E-state index contributed by atoms with van der Waals surface area (Å²) in [5, 5.41) is 0. The number of carbonyl (C=O) groups excluding carboxylic acids is 2. The van der Waals surface area contributed by atoms with E-state index in [2.05, 4.69) is 0 Å². The molecule has 0 saturated heterocycles. The molecule has 0 atom stereocenters. The van der Waals surface area contributed by atoms with Gasteiger partial charge in [-0.3, -0.25) is 9.59 Å². The van der Waals surface area contributed by atoms with Crippen LogP contribution in [0.3, 0.4) is 0 Å². The summed E-state index contributed by atoms with van der Waals surface area (Å²) < 4.78 is 19.1. The van der Waals surface area contributed by atoms with Crippen LogP contribution in [-0.2, 0) is 6.54 Å². The van der Waals surface area contributed by atoms with Gasteiger partial charge in [-0.25, -0.2) is 4.39 Å². The molecule has 4 aromatic rings. The topological polar surface area (TPSA) is 50.5 Å². The number of hydrogen-bond donors (Lipinski definition) is 0. The Morgan fingerprint density at radius 2 is 1.71 bits per heavy atom. The highest BCUT2D eigenvalue weighted by atomic mass is 19.1. The predicted octanol–water partition coefficient (Wildman–Crippen LogP) is 6.05. The zero-order chi connectivity index (χ0) is 21.8. The molecule has 1 heterocycles. The molecule has 0 N–H and O–H groups in total. The lowest BCUT2D eigenvalue weighted by Crippen LogP contribution is -2.30. The quantitative estimate of drug-likeness (QED) is 0.361. The summed E-state index contributed by atoms with van der Waals surface area (Å²) in [5.41, 5.74) is 3.14. The van der Waals surface area contributed by atoms with Gasteiger partial charge < -0.3 is 9.32 Å². The molecule has 4 rings (SSSR count). The molecule has 1 aromatic heterocycles. The first-order valence-corrected chi connectivity index (χ1v) is 9.82. The molecule has 5 heteroatoms. The minimum Gasteiger partial charge on any atom is -0.461 e. The van der Waals surface area contributed by atoms with Gasteiger partial charge in [-0.15, -0.1) is 0 Å². The summed E-state index contributed by atoms with van der Waals surface area (Å²) >= 11 is 0. The third-order valence-corrected chi connectivity index (χ3v) is 5.02. The number of carbonyl (C=O) groups is 2. The lowest BCUT2D eigenvalue weighted by atomic mass is 10.1. The van der Waals surface area contributed by atoms with Gasteiger partial charge in [0.05, 0.1) is 12.1 Å². The maximum Gasteiger partial charge on any atom is 0.262 e. The second kappa shape index (κ2) is 8.79. The Hall–Kier alpha value is -3.99. The number of furan rings is 1. The highest BCUT2D eigenvalue weighted by Gasteiger charge is 2.23. The highest BCUT2D eigenvalue weighted by Crippen LogP contribution is 2.29. The van der Waals surface area contributed by atoms with Crippen molar-refractivity contribution in [1.29, 1.82) is 0 Å². The Morgan fingerprint density at radius 3 is 2.42 bits per heavy atom. The number of aldehydes is 1.